The highest BCUT2D eigenvalue weighted by molar-refractivity contribution is 5.76. The SMILES string of the molecule is CC1CCCCC1N(C)C(=O)CCOc1ccccc1N. The number of nitrogens with zero attached hydrogens (tertiary/aromatic N) is 1. The van der Waals surface area contributed by atoms with E-state index in [0.29, 0.717) is 36.4 Å². The zero-order valence-electron chi connectivity index (χ0n) is 13.0. The van der Waals surface area contributed by atoms with Gasteiger partial charge in [-0.2, -0.15) is 0 Å². The lowest BCUT2D eigenvalue weighted by molar-refractivity contribution is -0.134. The van der Waals surface area contributed by atoms with E-state index in [1.165, 1.54) is 19.3 Å². The Morgan fingerprint density at radius 3 is 2.76 bits per heavy atom. The van der Waals surface area contributed by atoms with Crippen LogP contribution in [-0.2, 0) is 4.79 Å². The molecule has 1 aromatic carbocycles. The van der Waals surface area contributed by atoms with Gasteiger partial charge >= 0.3 is 0 Å². The van der Waals surface area contributed by atoms with Crippen LogP contribution in [0.2, 0.25) is 0 Å². The number of ether oxygens (including phenoxy) is 1. The van der Waals surface area contributed by atoms with Crippen LogP contribution < -0.4 is 10.5 Å². The number of nitrogen functional groups attached to an aromatic ring is 1. The van der Waals surface area contributed by atoms with E-state index < -0.39 is 0 Å². The fourth-order valence-electron chi connectivity index (χ4n) is 3.09. The van der Waals surface area contributed by atoms with Crippen LogP contribution in [0.5, 0.6) is 5.75 Å². The first-order chi connectivity index (χ1) is 10.1. The molecule has 1 aromatic rings. The highest BCUT2D eigenvalue weighted by Gasteiger charge is 2.27. The Morgan fingerprint density at radius 2 is 2.05 bits per heavy atom. The zero-order chi connectivity index (χ0) is 15.2. The molecule has 2 rings (SSSR count). The molecule has 1 aliphatic carbocycles. The third kappa shape index (κ3) is 4.13. The van der Waals surface area contributed by atoms with Gasteiger partial charge in [0.1, 0.15) is 5.75 Å². The van der Waals surface area contributed by atoms with Gasteiger partial charge < -0.3 is 15.4 Å². The van der Waals surface area contributed by atoms with Crippen LogP contribution in [0.15, 0.2) is 24.3 Å². The standard InChI is InChI=1S/C17H26N2O2/c1-13-7-3-5-9-15(13)19(2)17(20)11-12-21-16-10-6-4-8-14(16)18/h4,6,8,10,13,15H,3,5,7,9,11-12,18H2,1-2H3. The average molecular weight is 290 g/mol. The van der Waals surface area contributed by atoms with Crippen LogP contribution >= 0.6 is 0 Å². The molecule has 0 bridgehead atoms. The quantitative estimate of drug-likeness (QED) is 0.848. The molecule has 2 unspecified atom stereocenters. The second-order valence-electron chi connectivity index (χ2n) is 5.97. The molecule has 1 aliphatic rings. The maximum absolute atomic E-state index is 12.3. The first-order valence-corrected chi connectivity index (χ1v) is 7.82. The number of nitrogens with two attached hydrogens (primary N) is 1. The normalized spacial score (nSPS) is 21.8. The number of para-hydroxylation sites is 2. The van der Waals surface area contributed by atoms with E-state index in [1.807, 2.05) is 30.1 Å². The van der Waals surface area contributed by atoms with Crippen LogP contribution in [-0.4, -0.2) is 30.5 Å². The van der Waals surface area contributed by atoms with E-state index >= 15 is 0 Å². The van der Waals surface area contributed by atoms with E-state index in [9.17, 15) is 4.79 Å². The molecular formula is C17H26N2O2. The minimum absolute atomic E-state index is 0.156. The molecule has 0 heterocycles. The monoisotopic (exact) mass is 290 g/mol. The van der Waals surface area contributed by atoms with Crippen LogP contribution in [0.25, 0.3) is 0 Å². The summed E-state index contributed by atoms with van der Waals surface area (Å²) in [5.41, 5.74) is 6.42. The van der Waals surface area contributed by atoms with Gasteiger partial charge in [-0.25, -0.2) is 0 Å². The number of carbonyl (C=O) groups excluding carboxylic acids is 1. The van der Waals surface area contributed by atoms with Crippen molar-refractivity contribution in [2.45, 2.75) is 45.1 Å². The summed E-state index contributed by atoms with van der Waals surface area (Å²) in [6.45, 7) is 2.62. The van der Waals surface area contributed by atoms with Gasteiger partial charge in [0, 0.05) is 13.1 Å². The van der Waals surface area contributed by atoms with Crippen LogP contribution in [0.1, 0.15) is 39.0 Å². The van der Waals surface area contributed by atoms with E-state index in [2.05, 4.69) is 6.92 Å². The molecule has 1 fully saturated rings. The summed E-state index contributed by atoms with van der Waals surface area (Å²) < 4.78 is 5.60. The Kier molecular flexibility index (Phi) is 5.48. The summed E-state index contributed by atoms with van der Waals surface area (Å²) in [7, 11) is 1.92. The van der Waals surface area contributed by atoms with Crippen LogP contribution in [0.3, 0.4) is 0 Å². The molecule has 2 N–H and O–H groups in total. The molecule has 0 aliphatic heterocycles. The maximum atomic E-state index is 12.3. The molecule has 1 amide bonds. The maximum Gasteiger partial charge on any atom is 0.225 e. The minimum Gasteiger partial charge on any atom is -0.491 e. The summed E-state index contributed by atoms with van der Waals surface area (Å²) in [5.74, 6) is 1.40. The van der Waals surface area contributed by atoms with Gasteiger partial charge in [-0.3, -0.25) is 4.79 Å². The van der Waals surface area contributed by atoms with Crippen molar-refractivity contribution in [2.24, 2.45) is 5.92 Å². The van der Waals surface area contributed by atoms with Crippen molar-refractivity contribution >= 4 is 11.6 Å². The summed E-state index contributed by atoms with van der Waals surface area (Å²) >= 11 is 0. The summed E-state index contributed by atoms with van der Waals surface area (Å²) in [4.78, 5) is 14.2. The predicted molar refractivity (Wildman–Crippen MR) is 85.2 cm³/mol. The summed E-state index contributed by atoms with van der Waals surface area (Å²) in [6, 6.07) is 7.75. The Bertz CT molecular complexity index is 476. The molecule has 1 saturated carbocycles. The van der Waals surface area contributed by atoms with E-state index in [0.717, 1.165) is 6.42 Å². The Morgan fingerprint density at radius 1 is 1.33 bits per heavy atom. The molecule has 21 heavy (non-hydrogen) atoms. The van der Waals surface area contributed by atoms with Gasteiger partial charge in [0.05, 0.1) is 18.7 Å². The lowest BCUT2D eigenvalue weighted by Gasteiger charge is -2.36. The molecule has 0 radical (unpaired) electrons. The van der Waals surface area contributed by atoms with Crippen LogP contribution in [0, 0.1) is 5.92 Å². The number of amides is 1. The lowest BCUT2D eigenvalue weighted by atomic mass is 9.85. The van der Waals surface area contributed by atoms with Gasteiger partial charge in [-0.1, -0.05) is 31.9 Å². The molecule has 4 heteroatoms. The van der Waals surface area contributed by atoms with Gasteiger partial charge in [0.15, 0.2) is 0 Å². The molecule has 0 spiro atoms. The van der Waals surface area contributed by atoms with Crippen molar-refractivity contribution in [3.63, 3.8) is 0 Å². The average Bonchev–Trinajstić information content (AvgIpc) is 2.49. The summed E-state index contributed by atoms with van der Waals surface area (Å²) in [6.07, 6.45) is 5.25. The van der Waals surface area contributed by atoms with Crippen molar-refractivity contribution in [2.75, 3.05) is 19.4 Å². The highest BCUT2D eigenvalue weighted by atomic mass is 16.5. The van der Waals surface area contributed by atoms with E-state index in [-0.39, 0.29) is 5.91 Å². The molecule has 116 valence electrons. The number of rotatable bonds is 5. The molecule has 0 saturated heterocycles. The van der Waals surface area contributed by atoms with Crippen molar-refractivity contribution in [3.8, 4) is 5.75 Å². The molecule has 0 aromatic heterocycles. The minimum atomic E-state index is 0.156. The summed E-state index contributed by atoms with van der Waals surface area (Å²) in [5, 5.41) is 0. The number of benzene rings is 1. The van der Waals surface area contributed by atoms with Gasteiger partial charge in [0.25, 0.3) is 0 Å². The lowest BCUT2D eigenvalue weighted by Crippen LogP contribution is -2.43. The third-order valence-corrected chi connectivity index (χ3v) is 4.45. The van der Waals surface area contributed by atoms with Gasteiger partial charge in [0.2, 0.25) is 5.91 Å². The highest BCUT2D eigenvalue weighted by Crippen LogP contribution is 2.27. The number of carbonyl (C=O) groups is 1. The van der Waals surface area contributed by atoms with Crippen molar-refractivity contribution in [1.82, 2.24) is 4.90 Å². The first kappa shape index (κ1) is 15.7. The van der Waals surface area contributed by atoms with Crippen molar-refractivity contribution in [3.05, 3.63) is 24.3 Å². The van der Waals surface area contributed by atoms with Gasteiger partial charge in [-0.15, -0.1) is 0 Å². The molecule has 2 atom stereocenters. The first-order valence-electron chi connectivity index (χ1n) is 7.82. The van der Waals surface area contributed by atoms with Crippen molar-refractivity contribution < 1.29 is 9.53 Å². The fraction of sp³-hybridized carbons (Fsp3) is 0.588. The number of anilines is 1. The van der Waals surface area contributed by atoms with Crippen LogP contribution in [0.4, 0.5) is 5.69 Å². The molecular weight excluding hydrogens is 264 g/mol. The van der Waals surface area contributed by atoms with Crippen molar-refractivity contribution in [1.29, 1.82) is 0 Å². The Balaban J connectivity index is 1.80. The van der Waals surface area contributed by atoms with E-state index in [4.69, 9.17) is 10.5 Å². The second kappa shape index (κ2) is 7.34. The smallest absolute Gasteiger partial charge is 0.225 e. The second-order valence-corrected chi connectivity index (χ2v) is 5.97. The predicted octanol–water partition coefficient (Wildman–Crippen LogP) is 3.07. The number of hydrogen-bond acceptors (Lipinski definition) is 3. The fourth-order valence-corrected chi connectivity index (χ4v) is 3.09. The van der Waals surface area contributed by atoms with E-state index in [1.54, 1.807) is 6.07 Å². The topological polar surface area (TPSA) is 55.6 Å². The van der Waals surface area contributed by atoms with Gasteiger partial charge in [-0.05, 0) is 30.9 Å². The largest absolute Gasteiger partial charge is 0.491 e. The third-order valence-electron chi connectivity index (χ3n) is 4.45. The Hall–Kier alpha value is -1.71. The zero-order valence-corrected chi connectivity index (χ0v) is 13.0. The molecule has 4 nitrogen and oxygen atoms in total. The number of hydrogen-bond donors (Lipinski definition) is 1. The Labute approximate surface area is 127 Å².